The summed E-state index contributed by atoms with van der Waals surface area (Å²) in [5, 5.41) is 11.4. The van der Waals surface area contributed by atoms with Crippen LogP contribution in [0.1, 0.15) is 16.1 Å². The first-order valence-corrected chi connectivity index (χ1v) is 6.78. The number of pyridine rings is 2. The van der Waals surface area contributed by atoms with E-state index in [0.717, 1.165) is 4.70 Å². The van der Waals surface area contributed by atoms with Crippen LogP contribution in [0, 0.1) is 0 Å². The van der Waals surface area contributed by atoms with Crippen molar-refractivity contribution < 1.29 is 9.90 Å². The van der Waals surface area contributed by atoms with Crippen molar-refractivity contribution in [2.24, 2.45) is 0 Å². The molecule has 3 heterocycles. The van der Waals surface area contributed by atoms with Crippen LogP contribution in [-0.2, 0) is 6.54 Å². The number of aromatic nitrogens is 2. The number of carboxylic acid groups (broad SMARTS) is 1. The largest absolute Gasteiger partial charge is 0.478 e. The Morgan fingerprint density at radius 2 is 2.15 bits per heavy atom. The van der Waals surface area contributed by atoms with Crippen LogP contribution in [0.25, 0.3) is 10.1 Å². The Morgan fingerprint density at radius 3 is 2.85 bits per heavy atom. The first-order valence-electron chi connectivity index (χ1n) is 5.90. The van der Waals surface area contributed by atoms with Crippen molar-refractivity contribution in [3.8, 4) is 0 Å². The van der Waals surface area contributed by atoms with Gasteiger partial charge < -0.3 is 9.67 Å². The molecule has 1 N–H and O–H groups in total. The highest BCUT2D eigenvalue weighted by Gasteiger charge is 2.06. The van der Waals surface area contributed by atoms with E-state index in [2.05, 4.69) is 4.98 Å². The normalized spacial score (nSPS) is 10.8. The fraction of sp³-hybridized carbons (Fsp3) is 0.0714. The number of rotatable bonds is 3. The summed E-state index contributed by atoms with van der Waals surface area (Å²) in [5.74, 6) is -1.01. The van der Waals surface area contributed by atoms with Crippen LogP contribution in [0.5, 0.6) is 0 Å². The van der Waals surface area contributed by atoms with Crippen molar-refractivity contribution in [2.75, 3.05) is 0 Å². The molecule has 0 unspecified atom stereocenters. The van der Waals surface area contributed by atoms with Gasteiger partial charge in [0.2, 0.25) is 0 Å². The summed E-state index contributed by atoms with van der Waals surface area (Å²) in [7, 11) is 0. The molecule has 0 atom stereocenters. The van der Waals surface area contributed by atoms with E-state index in [1.807, 2.05) is 11.4 Å². The lowest BCUT2D eigenvalue weighted by Crippen LogP contribution is -2.20. The molecule has 0 spiro atoms. The maximum atomic E-state index is 12.2. The zero-order valence-electron chi connectivity index (χ0n) is 10.3. The number of hydrogen-bond acceptors (Lipinski definition) is 4. The lowest BCUT2D eigenvalue weighted by atomic mass is 10.2. The summed E-state index contributed by atoms with van der Waals surface area (Å²) in [6, 6.07) is 6.80. The van der Waals surface area contributed by atoms with Crippen LogP contribution >= 0.6 is 11.3 Å². The van der Waals surface area contributed by atoms with Crippen molar-refractivity contribution in [1.29, 1.82) is 0 Å². The van der Waals surface area contributed by atoms with Gasteiger partial charge in [-0.3, -0.25) is 9.78 Å². The number of hydrogen-bond donors (Lipinski definition) is 1. The SMILES string of the molecule is O=C(O)c1ccc(Cn2ccc3sccc3c2=O)nc1. The van der Waals surface area contributed by atoms with Crippen LogP contribution in [-0.4, -0.2) is 20.6 Å². The third-order valence-corrected chi connectivity index (χ3v) is 3.88. The van der Waals surface area contributed by atoms with Gasteiger partial charge >= 0.3 is 5.97 Å². The Bertz CT molecular complexity index is 833. The standard InChI is InChI=1S/C14H10N2O3S/c17-13-11-4-6-20-12(11)3-5-16(13)8-10-2-1-9(7-15-10)14(18)19/h1-7H,8H2,(H,18,19). The number of thiophene rings is 1. The minimum absolute atomic E-state index is 0.0622. The van der Waals surface area contributed by atoms with Gasteiger partial charge in [-0.2, -0.15) is 0 Å². The Balaban J connectivity index is 1.94. The van der Waals surface area contributed by atoms with Gasteiger partial charge in [-0.25, -0.2) is 4.79 Å². The molecule has 0 bridgehead atoms. The van der Waals surface area contributed by atoms with Crippen molar-refractivity contribution in [1.82, 2.24) is 9.55 Å². The van der Waals surface area contributed by atoms with Crippen molar-refractivity contribution in [3.63, 3.8) is 0 Å². The highest BCUT2D eigenvalue weighted by molar-refractivity contribution is 7.17. The minimum Gasteiger partial charge on any atom is -0.478 e. The molecular weight excluding hydrogens is 276 g/mol. The Labute approximate surface area is 117 Å². The molecule has 0 saturated carbocycles. The van der Waals surface area contributed by atoms with Gasteiger partial charge in [0.1, 0.15) is 0 Å². The maximum absolute atomic E-state index is 12.2. The van der Waals surface area contributed by atoms with E-state index in [1.165, 1.54) is 23.6 Å². The molecule has 0 saturated heterocycles. The van der Waals surface area contributed by atoms with Crippen LogP contribution < -0.4 is 5.56 Å². The zero-order valence-corrected chi connectivity index (χ0v) is 11.1. The van der Waals surface area contributed by atoms with Gasteiger partial charge in [0.25, 0.3) is 5.56 Å². The predicted molar refractivity (Wildman–Crippen MR) is 76.4 cm³/mol. The van der Waals surface area contributed by atoms with Gasteiger partial charge in [-0.1, -0.05) is 0 Å². The molecule has 100 valence electrons. The Hall–Kier alpha value is -2.47. The average molecular weight is 286 g/mol. The van der Waals surface area contributed by atoms with Gasteiger partial charge in [0, 0.05) is 17.1 Å². The van der Waals surface area contributed by atoms with Gasteiger partial charge in [-0.15, -0.1) is 11.3 Å². The van der Waals surface area contributed by atoms with E-state index >= 15 is 0 Å². The van der Waals surface area contributed by atoms with E-state index < -0.39 is 5.97 Å². The molecule has 0 fully saturated rings. The summed E-state index contributed by atoms with van der Waals surface area (Å²) in [6.07, 6.45) is 3.03. The van der Waals surface area contributed by atoms with Crippen molar-refractivity contribution in [3.05, 3.63) is 63.7 Å². The molecule has 0 aliphatic heterocycles. The third-order valence-electron chi connectivity index (χ3n) is 3.00. The monoisotopic (exact) mass is 286 g/mol. The van der Waals surface area contributed by atoms with Gasteiger partial charge in [0.05, 0.1) is 23.2 Å². The van der Waals surface area contributed by atoms with E-state index in [-0.39, 0.29) is 11.1 Å². The van der Waals surface area contributed by atoms with E-state index in [4.69, 9.17) is 5.11 Å². The number of fused-ring (bicyclic) bond motifs is 1. The van der Waals surface area contributed by atoms with E-state index in [9.17, 15) is 9.59 Å². The molecule has 0 amide bonds. The van der Waals surface area contributed by atoms with Crippen LogP contribution in [0.3, 0.4) is 0 Å². The second-order valence-electron chi connectivity index (χ2n) is 4.29. The van der Waals surface area contributed by atoms with Crippen molar-refractivity contribution >= 4 is 27.4 Å². The molecule has 5 nitrogen and oxygen atoms in total. The highest BCUT2D eigenvalue weighted by atomic mass is 32.1. The van der Waals surface area contributed by atoms with E-state index in [0.29, 0.717) is 17.6 Å². The molecule has 3 aromatic rings. The minimum atomic E-state index is -1.01. The lowest BCUT2D eigenvalue weighted by molar-refractivity contribution is 0.0696. The summed E-state index contributed by atoms with van der Waals surface area (Å²) < 4.78 is 2.53. The van der Waals surface area contributed by atoms with Crippen LogP contribution in [0.15, 0.2) is 46.8 Å². The fourth-order valence-corrected chi connectivity index (χ4v) is 2.72. The molecule has 0 aliphatic rings. The number of carboxylic acids is 1. The third kappa shape index (κ3) is 2.21. The summed E-state index contributed by atoms with van der Waals surface area (Å²) in [4.78, 5) is 27.0. The molecule has 3 rings (SSSR count). The molecule has 0 aliphatic carbocycles. The number of carbonyl (C=O) groups is 1. The smallest absolute Gasteiger partial charge is 0.337 e. The second kappa shape index (κ2) is 4.90. The predicted octanol–water partition coefficient (Wildman–Crippen LogP) is 2.20. The van der Waals surface area contributed by atoms with Crippen molar-refractivity contribution in [2.45, 2.75) is 6.54 Å². The first-order chi connectivity index (χ1) is 9.65. The first kappa shape index (κ1) is 12.6. The second-order valence-corrected chi connectivity index (χ2v) is 5.24. The van der Waals surface area contributed by atoms with Gasteiger partial charge in [0.15, 0.2) is 0 Å². The van der Waals surface area contributed by atoms with E-state index in [1.54, 1.807) is 22.9 Å². The van der Waals surface area contributed by atoms with Gasteiger partial charge in [-0.05, 0) is 29.6 Å². The highest BCUT2D eigenvalue weighted by Crippen LogP contribution is 2.16. The van der Waals surface area contributed by atoms with Crippen LogP contribution in [0.2, 0.25) is 0 Å². The zero-order chi connectivity index (χ0) is 14.1. The summed E-state index contributed by atoms with van der Waals surface area (Å²) in [6.45, 7) is 0.324. The quantitative estimate of drug-likeness (QED) is 0.801. The average Bonchev–Trinajstić information content (AvgIpc) is 2.92. The molecule has 20 heavy (non-hydrogen) atoms. The molecule has 0 radical (unpaired) electrons. The Morgan fingerprint density at radius 1 is 1.30 bits per heavy atom. The summed E-state index contributed by atoms with van der Waals surface area (Å²) in [5.41, 5.74) is 0.717. The topological polar surface area (TPSA) is 72.2 Å². The molecule has 6 heteroatoms. The molecule has 0 aromatic carbocycles. The molecular formula is C14H10N2O3S. The maximum Gasteiger partial charge on any atom is 0.337 e. The number of nitrogens with zero attached hydrogens (tertiary/aromatic N) is 2. The lowest BCUT2D eigenvalue weighted by Gasteiger charge is -2.05. The Kier molecular flexibility index (Phi) is 3.08. The van der Waals surface area contributed by atoms with Crippen LogP contribution in [0.4, 0.5) is 0 Å². The summed E-state index contributed by atoms with van der Waals surface area (Å²) >= 11 is 1.53. The molecule has 3 aromatic heterocycles. The fourth-order valence-electron chi connectivity index (χ4n) is 1.95. The number of aromatic carboxylic acids is 1.